The Balaban J connectivity index is 2.30. The Morgan fingerprint density at radius 2 is 2.11 bits per heavy atom. The van der Waals surface area contributed by atoms with E-state index in [0.29, 0.717) is 25.3 Å². The van der Waals surface area contributed by atoms with Gasteiger partial charge in [-0.25, -0.2) is 0 Å². The molecule has 0 aromatic rings. The lowest BCUT2D eigenvalue weighted by Crippen LogP contribution is -2.35. The third-order valence-corrected chi connectivity index (χ3v) is 3.48. The first-order chi connectivity index (χ1) is 8.52. The maximum Gasteiger partial charge on any atom is 0.303 e. The zero-order valence-electron chi connectivity index (χ0n) is 11.4. The predicted octanol–water partition coefficient (Wildman–Crippen LogP) is 1.04. The highest BCUT2D eigenvalue weighted by Crippen LogP contribution is 2.16. The molecule has 1 rings (SSSR count). The fourth-order valence-electron chi connectivity index (χ4n) is 2.44. The number of carboxylic acids is 1. The molecule has 1 amide bonds. The summed E-state index contributed by atoms with van der Waals surface area (Å²) in [5.41, 5.74) is 0. The van der Waals surface area contributed by atoms with Crippen LogP contribution in [0.2, 0.25) is 0 Å². The number of carbonyl (C=O) groups excluding carboxylic acids is 1. The second kappa shape index (κ2) is 7.36. The van der Waals surface area contributed by atoms with Gasteiger partial charge in [0.2, 0.25) is 5.91 Å². The van der Waals surface area contributed by atoms with Crippen LogP contribution < -0.4 is 0 Å². The summed E-state index contributed by atoms with van der Waals surface area (Å²) in [7, 11) is 2.10. The molecule has 1 heterocycles. The molecule has 5 nitrogen and oxygen atoms in total. The van der Waals surface area contributed by atoms with Gasteiger partial charge in [-0.05, 0) is 39.3 Å². The third-order valence-electron chi connectivity index (χ3n) is 3.48. The fraction of sp³-hybridized carbons (Fsp3) is 0.846. The molecule has 0 radical (unpaired) electrons. The van der Waals surface area contributed by atoms with Gasteiger partial charge >= 0.3 is 5.97 Å². The standard InChI is InChI=1S/C13H24N2O3/c1-3-15(10-11-7-8-14(2)9-11)12(16)5-4-6-13(17)18/h11H,3-10H2,1-2H3,(H,17,18). The molecule has 0 saturated carbocycles. The van der Waals surface area contributed by atoms with Gasteiger partial charge in [0.15, 0.2) is 0 Å². The molecule has 5 heteroatoms. The van der Waals surface area contributed by atoms with E-state index in [2.05, 4.69) is 11.9 Å². The molecule has 1 saturated heterocycles. The SMILES string of the molecule is CCN(CC1CCN(C)C1)C(=O)CCCC(=O)O. The van der Waals surface area contributed by atoms with Crippen molar-refractivity contribution in [3.8, 4) is 0 Å². The molecule has 1 fully saturated rings. The van der Waals surface area contributed by atoms with Crippen LogP contribution in [0.3, 0.4) is 0 Å². The minimum absolute atomic E-state index is 0.0788. The van der Waals surface area contributed by atoms with Crippen LogP contribution in [-0.4, -0.2) is 60.0 Å². The van der Waals surface area contributed by atoms with Crippen molar-refractivity contribution in [3.63, 3.8) is 0 Å². The van der Waals surface area contributed by atoms with E-state index < -0.39 is 5.97 Å². The lowest BCUT2D eigenvalue weighted by molar-refractivity contribution is -0.137. The molecule has 0 aromatic carbocycles. The average Bonchev–Trinajstić information content (AvgIpc) is 2.71. The Morgan fingerprint density at radius 3 is 2.61 bits per heavy atom. The van der Waals surface area contributed by atoms with E-state index in [-0.39, 0.29) is 12.3 Å². The van der Waals surface area contributed by atoms with Gasteiger partial charge in [-0.3, -0.25) is 9.59 Å². The van der Waals surface area contributed by atoms with Crippen molar-refractivity contribution < 1.29 is 14.7 Å². The monoisotopic (exact) mass is 256 g/mol. The van der Waals surface area contributed by atoms with Crippen LogP contribution >= 0.6 is 0 Å². The molecule has 0 bridgehead atoms. The summed E-state index contributed by atoms with van der Waals surface area (Å²) in [6.45, 7) is 5.67. The molecule has 0 spiro atoms. The first-order valence-electron chi connectivity index (χ1n) is 6.71. The van der Waals surface area contributed by atoms with Crippen molar-refractivity contribution in [3.05, 3.63) is 0 Å². The van der Waals surface area contributed by atoms with Crippen molar-refractivity contribution in [2.75, 3.05) is 33.2 Å². The van der Waals surface area contributed by atoms with Gasteiger partial charge in [0.05, 0.1) is 0 Å². The number of carbonyl (C=O) groups is 2. The van der Waals surface area contributed by atoms with E-state index in [4.69, 9.17) is 5.11 Å². The molecule has 1 unspecified atom stereocenters. The zero-order valence-corrected chi connectivity index (χ0v) is 11.4. The molecule has 18 heavy (non-hydrogen) atoms. The quantitative estimate of drug-likeness (QED) is 0.739. The summed E-state index contributed by atoms with van der Waals surface area (Å²) in [6, 6.07) is 0. The smallest absolute Gasteiger partial charge is 0.303 e. The first kappa shape index (κ1) is 15.0. The second-order valence-electron chi connectivity index (χ2n) is 5.10. The maximum atomic E-state index is 11.9. The number of aliphatic carboxylic acids is 1. The summed E-state index contributed by atoms with van der Waals surface area (Å²) in [5.74, 6) is -0.171. The van der Waals surface area contributed by atoms with E-state index in [1.807, 2.05) is 11.8 Å². The van der Waals surface area contributed by atoms with Crippen molar-refractivity contribution in [1.29, 1.82) is 0 Å². The summed E-state index contributed by atoms with van der Waals surface area (Å²) in [6.07, 6.45) is 2.02. The van der Waals surface area contributed by atoms with Crippen LogP contribution in [-0.2, 0) is 9.59 Å². The summed E-state index contributed by atoms with van der Waals surface area (Å²) in [4.78, 5) is 26.5. The van der Waals surface area contributed by atoms with Crippen molar-refractivity contribution in [2.24, 2.45) is 5.92 Å². The largest absolute Gasteiger partial charge is 0.481 e. The normalized spacial score (nSPS) is 20.0. The Labute approximate surface area is 109 Å². The Hall–Kier alpha value is -1.10. The van der Waals surface area contributed by atoms with Gasteiger partial charge in [-0.1, -0.05) is 0 Å². The highest BCUT2D eigenvalue weighted by molar-refractivity contribution is 5.77. The van der Waals surface area contributed by atoms with E-state index in [0.717, 1.165) is 26.1 Å². The van der Waals surface area contributed by atoms with Crippen LogP contribution in [0, 0.1) is 5.92 Å². The molecule has 104 valence electrons. The lowest BCUT2D eigenvalue weighted by Gasteiger charge is -2.24. The molecule has 1 N–H and O–H groups in total. The highest BCUT2D eigenvalue weighted by atomic mass is 16.4. The van der Waals surface area contributed by atoms with Gasteiger partial charge in [-0.15, -0.1) is 0 Å². The molecule has 1 atom stereocenters. The molecule has 1 aliphatic rings. The van der Waals surface area contributed by atoms with Crippen LogP contribution in [0.4, 0.5) is 0 Å². The van der Waals surface area contributed by atoms with Crippen molar-refractivity contribution in [1.82, 2.24) is 9.80 Å². The van der Waals surface area contributed by atoms with E-state index in [9.17, 15) is 9.59 Å². The number of hydrogen-bond acceptors (Lipinski definition) is 3. The molecular weight excluding hydrogens is 232 g/mol. The van der Waals surface area contributed by atoms with Gasteiger partial charge < -0.3 is 14.9 Å². The zero-order chi connectivity index (χ0) is 13.5. The molecule has 0 aromatic heterocycles. The van der Waals surface area contributed by atoms with Gasteiger partial charge in [0, 0.05) is 32.5 Å². The molecule has 1 aliphatic heterocycles. The van der Waals surface area contributed by atoms with E-state index in [1.54, 1.807) is 0 Å². The first-order valence-corrected chi connectivity index (χ1v) is 6.71. The number of likely N-dealkylation sites (tertiary alicyclic amines) is 1. The van der Waals surface area contributed by atoms with Crippen LogP contribution in [0.25, 0.3) is 0 Å². The van der Waals surface area contributed by atoms with Gasteiger partial charge in [-0.2, -0.15) is 0 Å². The predicted molar refractivity (Wildman–Crippen MR) is 69.3 cm³/mol. The summed E-state index contributed by atoms with van der Waals surface area (Å²) >= 11 is 0. The van der Waals surface area contributed by atoms with Crippen LogP contribution in [0.1, 0.15) is 32.6 Å². The lowest BCUT2D eigenvalue weighted by atomic mass is 10.1. The number of amides is 1. The minimum Gasteiger partial charge on any atom is -0.481 e. The average molecular weight is 256 g/mol. The van der Waals surface area contributed by atoms with Crippen molar-refractivity contribution in [2.45, 2.75) is 32.6 Å². The van der Waals surface area contributed by atoms with Crippen LogP contribution in [0.15, 0.2) is 0 Å². The summed E-state index contributed by atoms with van der Waals surface area (Å²) < 4.78 is 0. The Kier molecular flexibility index (Phi) is 6.12. The summed E-state index contributed by atoms with van der Waals surface area (Å²) in [5, 5.41) is 8.55. The number of rotatable bonds is 7. The molecule has 0 aliphatic carbocycles. The third kappa shape index (κ3) is 5.04. The minimum atomic E-state index is -0.830. The van der Waals surface area contributed by atoms with E-state index in [1.165, 1.54) is 0 Å². The highest BCUT2D eigenvalue weighted by Gasteiger charge is 2.23. The van der Waals surface area contributed by atoms with Gasteiger partial charge in [0.25, 0.3) is 0 Å². The van der Waals surface area contributed by atoms with E-state index >= 15 is 0 Å². The van der Waals surface area contributed by atoms with Crippen molar-refractivity contribution >= 4 is 11.9 Å². The fourth-order valence-corrected chi connectivity index (χ4v) is 2.44. The number of carboxylic acid groups (broad SMARTS) is 1. The second-order valence-corrected chi connectivity index (χ2v) is 5.10. The molecular formula is C13H24N2O3. The topological polar surface area (TPSA) is 60.9 Å². The Morgan fingerprint density at radius 1 is 1.39 bits per heavy atom. The van der Waals surface area contributed by atoms with Crippen LogP contribution in [0.5, 0.6) is 0 Å². The number of hydrogen-bond donors (Lipinski definition) is 1. The van der Waals surface area contributed by atoms with Gasteiger partial charge in [0.1, 0.15) is 0 Å². The number of nitrogens with zero attached hydrogens (tertiary/aromatic N) is 2. The Bertz CT molecular complexity index is 294. The maximum absolute atomic E-state index is 11.9.